The molecule has 0 radical (unpaired) electrons. The number of fused-ring (bicyclic) bond motifs is 1. The lowest BCUT2D eigenvalue weighted by Gasteiger charge is -2.32. The van der Waals surface area contributed by atoms with Crippen molar-refractivity contribution in [3.05, 3.63) is 29.3 Å². The van der Waals surface area contributed by atoms with E-state index in [1.807, 2.05) is 24.1 Å². The van der Waals surface area contributed by atoms with Gasteiger partial charge in [0.05, 0.1) is 28.3 Å². The molecule has 1 saturated heterocycles. The minimum absolute atomic E-state index is 0.00911. The summed E-state index contributed by atoms with van der Waals surface area (Å²) in [5.41, 5.74) is 1.07. The Balaban J connectivity index is 1.51. The molecule has 0 saturated carbocycles. The molecule has 2 aromatic rings. The van der Waals surface area contributed by atoms with Gasteiger partial charge in [-0.25, -0.2) is 4.98 Å². The Kier molecular flexibility index (Phi) is 5.88. The van der Waals surface area contributed by atoms with Gasteiger partial charge in [-0.1, -0.05) is 12.1 Å². The van der Waals surface area contributed by atoms with Gasteiger partial charge in [0.15, 0.2) is 0 Å². The van der Waals surface area contributed by atoms with Crippen LogP contribution in [0, 0.1) is 0 Å². The van der Waals surface area contributed by atoms with E-state index in [0.29, 0.717) is 5.92 Å². The number of piperidine rings is 1. The van der Waals surface area contributed by atoms with Crippen molar-refractivity contribution in [2.45, 2.75) is 18.8 Å². The summed E-state index contributed by atoms with van der Waals surface area (Å²) in [6.07, 6.45) is 1.90. The summed E-state index contributed by atoms with van der Waals surface area (Å²) in [4.78, 5) is 34.2. The average molecular weight is 375 g/mol. The summed E-state index contributed by atoms with van der Waals surface area (Å²) >= 11 is 1.77. The summed E-state index contributed by atoms with van der Waals surface area (Å²) in [6.45, 7) is 2.07. The average Bonchev–Trinajstić information content (AvgIpc) is 3.05. The van der Waals surface area contributed by atoms with Gasteiger partial charge >= 0.3 is 0 Å². The molecule has 2 heterocycles. The fraction of sp³-hybridized carbons (Fsp3) is 0.526. The number of thiazole rings is 1. The van der Waals surface area contributed by atoms with E-state index in [2.05, 4.69) is 12.1 Å². The third kappa shape index (κ3) is 4.40. The molecule has 0 N–H and O–H groups in total. The van der Waals surface area contributed by atoms with Crippen molar-refractivity contribution in [1.82, 2.24) is 19.7 Å². The number of hydrogen-bond acceptors (Lipinski definition) is 5. The lowest BCUT2D eigenvalue weighted by Crippen LogP contribution is -2.45. The van der Waals surface area contributed by atoms with Crippen LogP contribution in [0.25, 0.3) is 10.2 Å². The van der Waals surface area contributed by atoms with Crippen molar-refractivity contribution in [2.75, 3.05) is 47.3 Å². The number of carbonyl (C=O) groups is 2. The first-order chi connectivity index (χ1) is 12.4. The van der Waals surface area contributed by atoms with Crippen LogP contribution >= 0.6 is 11.3 Å². The molecule has 0 atom stereocenters. The molecule has 140 valence electrons. The van der Waals surface area contributed by atoms with E-state index in [1.54, 1.807) is 35.2 Å². The predicted molar refractivity (Wildman–Crippen MR) is 104 cm³/mol. The van der Waals surface area contributed by atoms with E-state index in [-0.39, 0.29) is 24.9 Å². The van der Waals surface area contributed by atoms with Crippen molar-refractivity contribution in [3.8, 4) is 0 Å². The second-order valence-electron chi connectivity index (χ2n) is 7.14. The number of benzene rings is 1. The summed E-state index contributed by atoms with van der Waals surface area (Å²) in [7, 11) is 5.27. The van der Waals surface area contributed by atoms with Crippen LogP contribution < -0.4 is 0 Å². The largest absolute Gasteiger partial charge is 0.348 e. The molecule has 0 aliphatic carbocycles. The Hall–Kier alpha value is -1.99. The van der Waals surface area contributed by atoms with E-state index in [1.165, 1.54) is 9.71 Å². The van der Waals surface area contributed by atoms with E-state index in [9.17, 15) is 9.59 Å². The summed E-state index contributed by atoms with van der Waals surface area (Å²) in [5.74, 6) is 0.543. The number of carbonyl (C=O) groups excluding carboxylic acids is 2. The molecule has 1 aromatic carbocycles. The molecule has 0 spiro atoms. The fourth-order valence-corrected chi connectivity index (χ4v) is 4.34. The van der Waals surface area contributed by atoms with Crippen LogP contribution in [-0.4, -0.2) is 78.8 Å². The first-order valence-electron chi connectivity index (χ1n) is 8.96. The second-order valence-corrected chi connectivity index (χ2v) is 8.20. The molecule has 1 aromatic heterocycles. The lowest BCUT2D eigenvalue weighted by atomic mass is 9.97. The van der Waals surface area contributed by atoms with Gasteiger partial charge in [-0.05, 0) is 32.0 Å². The Labute approximate surface area is 158 Å². The van der Waals surface area contributed by atoms with Crippen molar-refractivity contribution in [2.24, 2.45) is 0 Å². The maximum absolute atomic E-state index is 12.5. The zero-order valence-corrected chi connectivity index (χ0v) is 16.5. The number of aromatic nitrogens is 1. The summed E-state index contributed by atoms with van der Waals surface area (Å²) < 4.78 is 1.23. The fourth-order valence-electron chi connectivity index (χ4n) is 3.20. The van der Waals surface area contributed by atoms with Gasteiger partial charge < -0.3 is 9.80 Å². The Morgan fingerprint density at radius 2 is 1.85 bits per heavy atom. The van der Waals surface area contributed by atoms with Crippen molar-refractivity contribution >= 4 is 33.4 Å². The van der Waals surface area contributed by atoms with Gasteiger partial charge in [0.1, 0.15) is 0 Å². The molecule has 1 aliphatic heterocycles. The molecule has 26 heavy (non-hydrogen) atoms. The standard InChI is InChI=1S/C19H26N4O2S/c1-21(2)17(24)12-22(3)13-18(25)23-10-8-14(9-11-23)19-20-15-6-4-5-7-16(15)26-19/h4-7,14H,8-13H2,1-3H3. The highest BCUT2D eigenvalue weighted by atomic mass is 32.1. The first kappa shape index (κ1) is 18.8. The molecule has 3 rings (SSSR count). The van der Waals surface area contributed by atoms with Crippen LogP contribution in [0.2, 0.25) is 0 Å². The van der Waals surface area contributed by atoms with Gasteiger partial charge in [0.2, 0.25) is 11.8 Å². The van der Waals surface area contributed by atoms with E-state index < -0.39 is 0 Å². The lowest BCUT2D eigenvalue weighted by molar-refractivity contribution is -0.134. The second kappa shape index (κ2) is 8.14. The quantitative estimate of drug-likeness (QED) is 0.803. The molecule has 7 heteroatoms. The van der Waals surface area contributed by atoms with Gasteiger partial charge in [0.25, 0.3) is 0 Å². The Bertz CT molecular complexity index is 748. The van der Waals surface area contributed by atoms with Crippen molar-refractivity contribution < 1.29 is 9.59 Å². The highest BCUT2D eigenvalue weighted by Crippen LogP contribution is 2.33. The van der Waals surface area contributed by atoms with Crippen LogP contribution in [0.4, 0.5) is 0 Å². The molecule has 1 aliphatic rings. The highest BCUT2D eigenvalue weighted by Gasteiger charge is 2.26. The number of amides is 2. The van der Waals surface area contributed by atoms with Gasteiger partial charge in [-0.2, -0.15) is 0 Å². The van der Waals surface area contributed by atoms with Gasteiger partial charge in [-0.3, -0.25) is 14.5 Å². The zero-order valence-electron chi connectivity index (χ0n) is 15.6. The molecular weight excluding hydrogens is 348 g/mol. The third-order valence-corrected chi connectivity index (χ3v) is 6.02. The number of para-hydroxylation sites is 1. The monoisotopic (exact) mass is 374 g/mol. The number of likely N-dealkylation sites (tertiary alicyclic amines) is 1. The maximum Gasteiger partial charge on any atom is 0.236 e. The molecular formula is C19H26N4O2S. The van der Waals surface area contributed by atoms with E-state index >= 15 is 0 Å². The van der Waals surface area contributed by atoms with Gasteiger partial charge in [-0.15, -0.1) is 11.3 Å². The number of nitrogens with zero attached hydrogens (tertiary/aromatic N) is 4. The summed E-state index contributed by atoms with van der Waals surface area (Å²) in [5, 5.41) is 1.19. The number of rotatable bonds is 5. The number of hydrogen-bond donors (Lipinski definition) is 0. The maximum atomic E-state index is 12.5. The smallest absolute Gasteiger partial charge is 0.236 e. The Morgan fingerprint density at radius 1 is 1.15 bits per heavy atom. The van der Waals surface area contributed by atoms with Crippen LogP contribution in [0.15, 0.2) is 24.3 Å². The molecule has 0 unspecified atom stereocenters. The Morgan fingerprint density at radius 3 is 2.50 bits per heavy atom. The zero-order chi connectivity index (χ0) is 18.7. The van der Waals surface area contributed by atoms with Crippen LogP contribution in [0.1, 0.15) is 23.8 Å². The van der Waals surface area contributed by atoms with E-state index in [4.69, 9.17) is 4.98 Å². The SMILES string of the molecule is CN(CC(=O)N(C)C)CC(=O)N1CCC(c2nc3ccccc3s2)CC1. The third-order valence-electron chi connectivity index (χ3n) is 4.82. The minimum atomic E-state index is 0.00911. The highest BCUT2D eigenvalue weighted by molar-refractivity contribution is 7.18. The van der Waals surface area contributed by atoms with Crippen molar-refractivity contribution in [1.29, 1.82) is 0 Å². The molecule has 6 nitrogen and oxygen atoms in total. The van der Waals surface area contributed by atoms with E-state index in [0.717, 1.165) is 31.4 Å². The van der Waals surface area contributed by atoms with Gasteiger partial charge in [0, 0.05) is 33.1 Å². The molecule has 2 amide bonds. The summed E-state index contributed by atoms with van der Waals surface area (Å²) in [6, 6.07) is 8.23. The first-order valence-corrected chi connectivity index (χ1v) is 9.77. The molecule has 1 fully saturated rings. The van der Waals surface area contributed by atoms with Crippen LogP contribution in [0.5, 0.6) is 0 Å². The predicted octanol–water partition coefficient (Wildman–Crippen LogP) is 2.02. The van der Waals surface area contributed by atoms with Crippen LogP contribution in [0.3, 0.4) is 0 Å². The topological polar surface area (TPSA) is 56.8 Å². The normalized spacial score (nSPS) is 15.6. The van der Waals surface area contributed by atoms with Crippen molar-refractivity contribution in [3.63, 3.8) is 0 Å². The number of likely N-dealkylation sites (N-methyl/N-ethyl adjacent to an activating group) is 2. The minimum Gasteiger partial charge on any atom is -0.348 e. The van der Waals surface area contributed by atoms with Crippen LogP contribution in [-0.2, 0) is 9.59 Å². The molecule has 0 bridgehead atoms.